The number of methoxy groups -OCH3 is 2. The molecule has 1 saturated heterocycles. The zero-order chi connectivity index (χ0) is 22.1. The number of hydrogen-bond acceptors (Lipinski definition) is 5. The van der Waals surface area contributed by atoms with Crippen molar-refractivity contribution >= 4 is 34.8 Å². The Morgan fingerprint density at radius 1 is 1.06 bits per heavy atom. The summed E-state index contributed by atoms with van der Waals surface area (Å²) in [7, 11) is 3.08. The van der Waals surface area contributed by atoms with Crippen molar-refractivity contribution in [2.45, 2.75) is 19.8 Å². The summed E-state index contributed by atoms with van der Waals surface area (Å²) in [6, 6.07) is 10.8. The number of carbonyl (C=O) groups excluding carboxylic acids is 3. The molecule has 3 amide bonds. The van der Waals surface area contributed by atoms with E-state index < -0.39 is 5.92 Å². The fourth-order valence-electron chi connectivity index (χ4n) is 4.17. The van der Waals surface area contributed by atoms with Crippen LogP contribution in [0.2, 0.25) is 0 Å². The molecule has 2 heterocycles. The van der Waals surface area contributed by atoms with Crippen molar-refractivity contribution < 1.29 is 23.9 Å². The Labute approximate surface area is 180 Å². The molecule has 0 bridgehead atoms. The van der Waals surface area contributed by atoms with Crippen molar-refractivity contribution in [3.63, 3.8) is 0 Å². The number of carbonyl (C=O) groups is 3. The van der Waals surface area contributed by atoms with Gasteiger partial charge in [-0.15, -0.1) is 0 Å². The molecule has 8 nitrogen and oxygen atoms in total. The molecular weight excluding hydrogens is 398 g/mol. The zero-order valence-corrected chi connectivity index (χ0v) is 17.8. The Bertz CT molecular complexity index is 1050. The van der Waals surface area contributed by atoms with Crippen LogP contribution in [0.1, 0.15) is 18.9 Å². The van der Waals surface area contributed by atoms with E-state index in [4.69, 9.17) is 9.47 Å². The summed E-state index contributed by atoms with van der Waals surface area (Å²) in [5, 5.41) is 2.86. The number of hydrogen-bond donors (Lipinski definition) is 1. The Kier molecular flexibility index (Phi) is 5.54. The van der Waals surface area contributed by atoms with Crippen LogP contribution in [0.25, 0.3) is 0 Å². The summed E-state index contributed by atoms with van der Waals surface area (Å²) in [4.78, 5) is 40.6. The van der Waals surface area contributed by atoms with Crippen LogP contribution in [-0.4, -0.2) is 45.0 Å². The van der Waals surface area contributed by atoms with Crippen molar-refractivity contribution in [2.24, 2.45) is 5.92 Å². The van der Waals surface area contributed by atoms with E-state index in [0.717, 1.165) is 23.4 Å². The van der Waals surface area contributed by atoms with Crippen molar-refractivity contribution in [2.75, 3.05) is 42.4 Å². The first-order chi connectivity index (χ1) is 14.9. The van der Waals surface area contributed by atoms with Crippen LogP contribution in [0.15, 0.2) is 36.4 Å². The maximum absolute atomic E-state index is 12.8. The third-order valence-corrected chi connectivity index (χ3v) is 5.80. The van der Waals surface area contributed by atoms with Gasteiger partial charge >= 0.3 is 0 Å². The molecule has 1 N–H and O–H groups in total. The van der Waals surface area contributed by atoms with Crippen LogP contribution >= 0.6 is 0 Å². The van der Waals surface area contributed by atoms with E-state index >= 15 is 0 Å². The molecule has 8 heteroatoms. The predicted octanol–water partition coefficient (Wildman–Crippen LogP) is 2.60. The van der Waals surface area contributed by atoms with Gasteiger partial charge in [0.2, 0.25) is 17.7 Å². The lowest BCUT2D eigenvalue weighted by atomic mass is 10.1. The smallest absolute Gasteiger partial charge is 0.229 e. The molecule has 0 saturated carbocycles. The molecule has 31 heavy (non-hydrogen) atoms. The van der Waals surface area contributed by atoms with Crippen LogP contribution in [0.5, 0.6) is 11.5 Å². The van der Waals surface area contributed by atoms with Gasteiger partial charge in [-0.25, -0.2) is 0 Å². The maximum atomic E-state index is 12.8. The normalized spacial score (nSPS) is 17.5. The minimum Gasteiger partial charge on any atom is -0.493 e. The number of ether oxygens (including phenoxy) is 2. The molecule has 0 unspecified atom stereocenters. The van der Waals surface area contributed by atoms with E-state index in [-0.39, 0.29) is 24.1 Å². The Morgan fingerprint density at radius 3 is 2.55 bits per heavy atom. The van der Waals surface area contributed by atoms with E-state index in [0.29, 0.717) is 30.3 Å². The number of anilines is 3. The number of fused-ring (bicyclic) bond motifs is 1. The molecule has 2 aliphatic rings. The van der Waals surface area contributed by atoms with E-state index in [9.17, 15) is 14.4 Å². The highest BCUT2D eigenvalue weighted by atomic mass is 16.5. The second-order valence-corrected chi connectivity index (χ2v) is 7.70. The molecule has 2 aromatic rings. The summed E-state index contributed by atoms with van der Waals surface area (Å²) in [6.45, 7) is 2.51. The first-order valence-electron chi connectivity index (χ1n) is 10.2. The molecular formula is C23H25N3O5. The van der Waals surface area contributed by atoms with Gasteiger partial charge in [0.25, 0.3) is 0 Å². The highest BCUT2D eigenvalue weighted by molar-refractivity contribution is 6.04. The number of amides is 3. The number of nitrogens with one attached hydrogen (secondary N) is 1. The standard InChI is InChI=1S/C23H25N3O5/c1-14(27)25-9-8-15-10-18(5-6-19(15)25)26-13-16(11-22(26)28)23(29)24-17-4-7-20(30-2)21(12-17)31-3/h4-7,10,12,16H,8-9,11,13H2,1-3H3,(H,24,29)/t16-/m0/s1. The molecule has 1 atom stereocenters. The van der Waals surface area contributed by atoms with E-state index in [1.165, 1.54) is 7.11 Å². The van der Waals surface area contributed by atoms with Crippen molar-refractivity contribution in [1.29, 1.82) is 0 Å². The molecule has 0 aliphatic carbocycles. The van der Waals surface area contributed by atoms with Gasteiger partial charge in [-0.3, -0.25) is 14.4 Å². The number of nitrogens with zero attached hydrogens (tertiary/aromatic N) is 2. The minimum absolute atomic E-state index is 0.00986. The quantitative estimate of drug-likeness (QED) is 0.799. The van der Waals surface area contributed by atoms with Gasteiger partial charge < -0.3 is 24.6 Å². The average Bonchev–Trinajstić information content (AvgIpc) is 3.36. The molecule has 2 aromatic carbocycles. The lowest BCUT2D eigenvalue weighted by Crippen LogP contribution is -2.28. The Hall–Kier alpha value is -3.55. The fourth-order valence-corrected chi connectivity index (χ4v) is 4.17. The summed E-state index contributed by atoms with van der Waals surface area (Å²) >= 11 is 0. The zero-order valence-electron chi connectivity index (χ0n) is 17.8. The molecule has 0 spiro atoms. The van der Waals surface area contributed by atoms with Crippen molar-refractivity contribution in [1.82, 2.24) is 0 Å². The number of benzene rings is 2. The predicted molar refractivity (Wildman–Crippen MR) is 117 cm³/mol. The molecule has 1 fully saturated rings. The van der Waals surface area contributed by atoms with E-state index in [2.05, 4.69) is 5.32 Å². The highest BCUT2D eigenvalue weighted by Crippen LogP contribution is 2.35. The molecule has 162 valence electrons. The maximum Gasteiger partial charge on any atom is 0.229 e. The topological polar surface area (TPSA) is 88.2 Å². The van der Waals surface area contributed by atoms with Crippen LogP contribution in [0.3, 0.4) is 0 Å². The summed E-state index contributed by atoms with van der Waals surface area (Å²) in [5.41, 5.74) is 3.27. The van der Waals surface area contributed by atoms with Gasteiger partial charge in [-0.05, 0) is 42.3 Å². The van der Waals surface area contributed by atoms with Gasteiger partial charge in [0.15, 0.2) is 11.5 Å². The number of rotatable bonds is 5. The van der Waals surface area contributed by atoms with Crippen molar-refractivity contribution in [3.8, 4) is 11.5 Å². The van der Waals surface area contributed by atoms with Gasteiger partial charge in [-0.1, -0.05) is 0 Å². The van der Waals surface area contributed by atoms with Gasteiger partial charge in [0.1, 0.15) is 0 Å². The van der Waals surface area contributed by atoms with Crippen molar-refractivity contribution in [3.05, 3.63) is 42.0 Å². The van der Waals surface area contributed by atoms with Crippen LogP contribution in [0, 0.1) is 5.92 Å². The third-order valence-electron chi connectivity index (χ3n) is 5.80. The van der Waals surface area contributed by atoms with Gasteiger partial charge in [0.05, 0.1) is 20.1 Å². The second-order valence-electron chi connectivity index (χ2n) is 7.70. The monoisotopic (exact) mass is 423 g/mol. The first-order valence-corrected chi connectivity index (χ1v) is 10.2. The Morgan fingerprint density at radius 2 is 1.84 bits per heavy atom. The summed E-state index contributed by atoms with van der Waals surface area (Å²) < 4.78 is 10.5. The Balaban J connectivity index is 1.46. The van der Waals surface area contributed by atoms with E-state index in [1.54, 1.807) is 42.0 Å². The molecule has 2 aliphatic heterocycles. The van der Waals surface area contributed by atoms with Crippen LogP contribution in [0.4, 0.5) is 17.1 Å². The molecule has 0 radical (unpaired) electrons. The van der Waals surface area contributed by atoms with Gasteiger partial charge in [-0.2, -0.15) is 0 Å². The summed E-state index contributed by atoms with van der Waals surface area (Å²) in [5.74, 6) is 0.337. The average molecular weight is 423 g/mol. The first kappa shape index (κ1) is 20.7. The summed E-state index contributed by atoms with van der Waals surface area (Å²) in [6.07, 6.45) is 0.907. The second kappa shape index (κ2) is 8.29. The fraction of sp³-hybridized carbons (Fsp3) is 0.348. The highest BCUT2D eigenvalue weighted by Gasteiger charge is 2.36. The molecule has 0 aromatic heterocycles. The van der Waals surface area contributed by atoms with Crippen LogP contribution in [-0.2, 0) is 20.8 Å². The third kappa shape index (κ3) is 3.93. The van der Waals surface area contributed by atoms with Gasteiger partial charge in [0, 0.05) is 49.6 Å². The largest absolute Gasteiger partial charge is 0.493 e. The molecule has 4 rings (SSSR count). The SMILES string of the molecule is COc1ccc(NC(=O)[C@H]2CC(=O)N(c3ccc4c(c3)CCN4C(C)=O)C2)cc1OC. The minimum atomic E-state index is -0.456. The van der Waals surface area contributed by atoms with Crippen LogP contribution < -0.4 is 24.6 Å². The lowest BCUT2D eigenvalue weighted by Gasteiger charge is -2.19. The lowest BCUT2D eigenvalue weighted by molar-refractivity contribution is -0.122. The van der Waals surface area contributed by atoms with E-state index in [1.807, 2.05) is 18.2 Å².